The largest absolute Gasteiger partial charge is 0.397 e. The van der Waals surface area contributed by atoms with E-state index < -0.39 is 0 Å². The predicted octanol–water partition coefficient (Wildman–Crippen LogP) is 3.13. The number of hydrogen-bond donors (Lipinski definition) is 1. The van der Waals surface area contributed by atoms with Gasteiger partial charge in [-0.2, -0.15) is 0 Å². The zero-order valence-corrected chi connectivity index (χ0v) is 11.2. The fourth-order valence-electron chi connectivity index (χ4n) is 3.62. The van der Waals surface area contributed by atoms with Gasteiger partial charge in [0.1, 0.15) is 5.82 Å². The minimum atomic E-state index is 0.725. The van der Waals surface area contributed by atoms with Crippen molar-refractivity contribution in [2.75, 3.05) is 17.2 Å². The Morgan fingerprint density at radius 3 is 2.83 bits per heavy atom. The highest BCUT2D eigenvalue weighted by Crippen LogP contribution is 2.37. The quantitative estimate of drug-likeness (QED) is 0.826. The van der Waals surface area contributed by atoms with Crippen molar-refractivity contribution in [3.63, 3.8) is 0 Å². The van der Waals surface area contributed by atoms with Gasteiger partial charge in [0.25, 0.3) is 0 Å². The average Bonchev–Trinajstić information content (AvgIpc) is 2.41. The number of aromatic nitrogens is 1. The molecule has 1 saturated carbocycles. The van der Waals surface area contributed by atoms with Crippen LogP contribution in [0, 0.1) is 12.8 Å². The second-order valence-corrected chi connectivity index (χ2v) is 5.85. The first-order valence-electron chi connectivity index (χ1n) is 7.24. The Bertz CT molecular complexity index is 428. The Hall–Kier alpha value is -1.25. The maximum Gasteiger partial charge on any atom is 0.129 e. The zero-order chi connectivity index (χ0) is 12.5. The monoisotopic (exact) mass is 245 g/mol. The lowest BCUT2D eigenvalue weighted by Gasteiger charge is -2.44. The van der Waals surface area contributed by atoms with E-state index in [1.165, 1.54) is 38.5 Å². The van der Waals surface area contributed by atoms with Crippen LogP contribution in [0.2, 0.25) is 0 Å². The van der Waals surface area contributed by atoms with Gasteiger partial charge in [-0.15, -0.1) is 0 Å². The third-order valence-electron chi connectivity index (χ3n) is 4.67. The van der Waals surface area contributed by atoms with Gasteiger partial charge in [0, 0.05) is 12.6 Å². The van der Waals surface area contributed by atoms with Crippen molar-refractivity contribution in [2.45, 2.75) is 51.5 Å². The van der Waals surface area contributed by atoms with Crippen LogP contribution in [-0.4, -0.2) is 17.6 Å². The molecule has 2 heterocycles. The van der Waals surface area contributed by atoms with E-state index in [2.05, 4.69) is 22.9 Å². The summed E-state index contributed by atoms with van der Waals surface area (Å²) in [5.41, 5.74) is 7.82. The third-order valence-corrected chi connectivity index (χ3v) is 4.67. The van der Waals surface area contributed by atoms with E-state index in [1.54, 1.807) is 0 Å². The molecule has 0 bridgehead atoms. The minimum Gasteiger partial charge on any atom is -0.397 e. The van der Waals surface area contributed by atoms with E-state index in [-0.39, 0.29) is 0 Å². The number of pyridine rings is 1. The highest BCUT2D eigenvalue weighted by molar-refractivity contribution is 5.52. The molecule has 3 heteroatoms. The first-order chi connectivity index (χ1) is 8.75. The molecule has 0 radical (unpaired) electrons. The smallest absolute Gasteiger partial charge is 0.129 e. The summed E-state index contributed by atoms with van der Waals surface area (Å²) in [6.45, 7) is 3.24. The molecule has 0 amide bonds. The van der Waals surface area contributed by atoms with Gasteiger partial charge in [0.15, 0.2) is 0 Å². The zero-order valence-electron chi connectivity index (χ0n) is 11.2. The van der Waals surface area contributed by atoms with Crippen LogP contribution in [0.25, 0.3) is 0 Å². The lowest BCUT2D eigenvalue weighted by Crippen LogP contribution is -2.47. The fourth-order valence-corrected chi connectivity index (χ4v) is 3.62. The van der Waals surface area contributed by atoms with E-state index >= 15 is 0 Å². The molecule has 2 aliphatic rings. The van der Waals surface area contributed by atoms with Gasteiger partial charge in [-0.3, -0.25) is 0 Å². The summed E-state index contributed by atoms with van der Waals surface area (Å²) in [4.78, 5) is 7.10. The maximum atomic E-state index is 5.87. The number of hydrogen-bond acceptors (Lipinski definition) is 3. The summed E-state index contributed by atoms with van der Waals surface area (Å²) in [7, 11) is 0. The van der Waals surface area contributed by atoms with E-state index in [0.717, 1.165) is 35.6 Å². The molecule has 2 unspecified atom stereocenters. The molecule has 18 heavy (non-hydrogen) atoms. The van der Waals surface area contributed by atoms with E-state index in [1.807, 2.05) is 6.20 Å². The van der Waals surface area contributed by atoms with Gasteiger partial charge in [0.05, 0.1) is 11.9 Å². The van der Waals surface area contributed by atoms with Crippen molar-refractivity contribution >= 4 is 11.5 Å². The SMILES string of the molecule is Cc1cc(N2CCCC3CCCCC32)ncc1N. The second-order valence-electron chi connectivity index (χ2n) is 5.85. The van der Waals surface area contributed by atoms with Crippen LogP contribution in [0.5, 0.6) is 0 Å². The van der Waals surface area contributed by atoms with Crippen molar-refractivity contribution in [1.82, 2.24) is 4.98 Å². The molecule has 0 spiro atoms. The Labute approximate surface area is 109 Å². The molecule has 1 aromatic rings. The summed E-state index contributed by atoms with van der Waals surface area (Å²) < 4.78 is 0. The molecule has 2 atom stereocenters. The molecule has 2 N–H and O–H groups in total. The van der Waals surface area contributed by atoms with Crippen LogP contribution < -0.4 is 10.6 Å². The normalized spacial score (nSPS) is 27.9. The van der Waals surface area contributed by atoms with Crippen molar-refractivity contribution in [3.05, 3.63) is 17.8 Å². The maximum absolute atomic E-state index is 5.87. The van der Waals surface area contributed by atoms with Crippen molar-refractivity contribution in [2.24, 2.45) is 5.92 Å². The first-order valence-corrected chi connectivity index (χ1v) is 7.24. The van der Waals surface area contributed by atoms with Gasteiger partial charge in [0.2, 0.25) is 0 Å². The Kier molecular flexibility index (Phi) is 3.14. The lowest BCUT2D eigenvalue weighted by atomic mass is 9.78. The molecular weight excluding hydrogens is 222 g/mol. The van der Waals surface area contributed by atoms with Crippen LogP contribution >= 0.6 is 0 Å². The van der Waals surface area contributed by atoms with Crippen LogP contribution in [0.1, 0.15) is 44.1 Å². The number of aryl methyl sites for hydroxylation is 1. The Morgan fingerprint density at radius 2 is 2.00 bits per heavy atom. The lowest BCUT2D eigenvalue weighted by molar-refractivity contribution is 0.243. The summed E-state index contributed by atoms with van der Waals surface area (Å²) in [6.07, 6.45) is 10.1. The standard InChI is InChI=1S/C15H23N3/c1-11-9-15(17-10-13(11)16)18-8-4-6-12-5-2-3-7-14(12)18/h9-10,12,14H,2-8,16H2,1H3. The van der Waals surface area contributed by atoms with E-state index in [0.29, 0.717) is 0 Å². The topological polar surface area (TPSA) is 42.2 Å². The summed E-state index contributed by atoms with van der Waals surface area (Å²) >= 11 is 0. The minimum absolute atomic E-state index is 0.725. The van der Waals surface area contributed by atoms with E-state index in [4.69, 9.17) is 5.73 Å². The molecule has 0 aromatic carbocycles. The number of nitrogens with zero attached hydrogens (tertiary/aromatic N) is 2. The molecule has 1 saturated heterocycles. The van der Waals surface area contributed by atoms with Crippen LogP contribution in [0.4, 0.5) is 11.5 Å². The molecule has 1 aliphatic carbocycles. The van der Waals surface area contributed by atoms with Gasteiger partial charge < -0.3 is 10.6 Å². The van der Waals surface area contributed by atoms with Gasteiger partial charge >= 0.3 is 0 Å². The average molecular weight is 245 g/mol. The van der Waals surface area contributed by atoms with Crippen LogP contribution in [0.3, 0.4) is 0 Å². The molecule has 1 aliphatic heterocycles. The Balaban J connectivity index is 1.87. The molecule has 1 aromatic heterocycles. The van der Waals surface area contributed by atoms with Crippen molar-refractivity contribution in [1.29, 1.82) is 0 Å². The van der Waals surface area contributed by atoms with Gasteiger partial charge in [-0.1, -0.05) is 12.8 Å². The van der Waals surface area contributed by atoms with Crippen LogP contribution in [0.15, 0.2) is 12.3 Å². The van der Waals surface area contributed by atoms with E-state index in [9.17, 15) is 0 Å². The number of anilines is 2. The molecule has 3 rings (SSSR count). The number of piperidine rings is 1. The first kappa shape index (κ1) is 11.8. The number of rotatable bonds is 1. The van der Waals surface area contributed by atoms with Gasteiger partial charge in [-0.25, -0.2) is 4.98 Å². The second kappa shape index (κ2) is 4.79. The van der Waals surface area contributed by atoms with Crippen LogP contribution in [-0.2, 0) is 0 Å². The Morgan fingerprint density at radius 1 is 1.22 bits per heavy atom. The number of nitrogens with two attached hydrogens (primary N) is 1. The molecule has 98 valence electrons. The van der Waals surface area contributed by atoms with Crippen molar-refractivity contribution < 1.29 is 0 Å². The highest BCUT2D eigenvalue weighted by atomic mass is 15.2. The highest BCUT2D eigenvalue weighted by Gasteiger charge is 2.33. The predicted molar refractivity (Wildman–Crippen MR) is 75.7 cm³/mol. The summed E-state index contributed by atoms with van der Waals surface area (Å²) in [5, 5.41) is 0. The van der Waals surface area contributed by atoms with Crippen molar-refractivity contribution in [3.8, 4) is 0 Å². The fraction of sp³-hybridized carbons (Fsp3) is 0.667. The third kappa shape index (κ3) is 2.06. The number of nitrogen functional groups attached to an aromatic ring is 1. The number of fused-ring (bicyclic) bond motifs is 1. The summed E-state index contributed by atoms with van der Waals surface area (Å²) in [6, 6.07) is 2.88. The molecule has 2 fully saturated rings. The molecular formula is C15H23N3. The van der Waals surface area contributed by atoms with Gasteiger partial charge in [-0.05, 0) is 50.2 Å². The summed E-state index contributed by atoms with van der Waals surface area (Å²) in [5.74, 6) is 2.03. The molecule has 3 nitrogen and oxygen atoms in total.